The van der Waals surface area contributed by atoms with Gasteiger partial charge in [-0.05, 0) is 85.8 Å². The smallest absolute Gasteiger partial charge is 0.410 e. The van der Waals surface area contributed by atoms with Crippen molar-refractivity contribution in [3.8, 4) is 17.2 Å². The van der Waals surface area contributed by atoms with Gasteiger partial charge in [-0.25, -0.2) is 4.79 Å². The fraction of sp³-hybridized carbons (Fsp3) is 0.355. The molecule has 1 aliphatic heterocycles. The first-order valence-corrected chi connectivity index (χ1v) is 16.2. The van der Waals surface area contributed by atoms with Crippen LogP contribution in [0.2, 0.25) is 19.6 Å². The molecule has 192 valence electrons. The zero-order valence-electron chi connectivity index (χ0n) is 22.7. The van der Waals surface area contributed by atoms with Crippen molar-refractivity contribution in [2.45, 2.75) is 66.1 Å². The SMILES string of the molecule is Cc1ccc(-c2c(C)c3c(c(C)c2C(C#N)O[Si](C)(C)C)CN(C(=O)OCc2ccccc2)CC3)cc1. The van der Waals surface area contributed by atoms with E-state index in [2.05, 4.69) is 70.7 Å². The zero-order chi connectivity index (χ0) is 26.7. The second-order valence-corrected chi connectivity index (χ2v) is 15.3. The fourth-order valence-corrected chi connectivity index (χ4v) is 5.99. The van der Waals surface area contributed by atoms with Gasteiger partial charge in [-0.1, -0.05) is 60.2 Å². The molecule has 0 saturated carbocycles. The zero-order valence-corrected chi connectivity index (χ0v) is 23.7. The second kappa shape index (κ2) is 10.9. The number of hydrogen-bond acceptors (Lipinski definition) is 4. The van der Waals surface area contributed by atoms with Crippen molar-refractivity contribution in [1.29, 1.82) is 5.26 Å². The highest BCUT2D eigenvalue weighted by Gasteiger charge is 2.32. The second-order valence-electron chi connectivity index (χ2n) is 10.8. The first-order chi connectivity index (χ1) is 17.6. The maximum atomic E-state index is 13.0. The van der Waals surface area contributed by atoms with Crippen LogP contribution in [0.1, 0.15) is 45.0 Å². The summed E-state index contributed by atoms with van der Waals surface area (Å²) in [6, 6.07) is 20.7. The highest BCUT2D eigenvalue weighted by Crippen LogP contribution is 2.42. The summed E-state index contributed by atoms with van der Waals surface area (Å²) in [5, 5.41) is 10.3. The lowest BCUT2D eigenvalue weighted by Crippen LogP contribution is -2.37. The third-order valence-corrected chi connectivity index (χ3v) is 7.90. The summed E-state index contributed by atoms with van der Waals surface area (Å²) in [5.41, 5.74) is 9.80. The maximum absolute atomic E-state index is 13.0. The average Bonchev–Trinajstić information content (AvgIpc) is 2.88. The van der Waals surface area contributed by atoms with E-state index in [1.807, 2.05) is 30.3 Å². The Bertz CT molecular complexity index is 1320. The van der Waals surface area contributed by atoms with Crippen LogP contribution in [0, 0.1) is 32.1 Å². The number of rotatable bonds is 6. The lowest BCUT2D eigenvalue weighted by molar-refractivity contribution is 0.0917. The monoisotopic (exact) mass is 512 g/mol. The van der Waals surface area contributed by atoms with Crippen molar-refractivity contribution in [1.82, 2.24) is 4.90 Å². The van der Waals surface area contributed by atoms with Crippen molar-refractivity contribution in [3.63, 3.8) is 0 Å². The minimum absolute atomic E-state index is 0.249. The number of fused-ring (bicyclic) bond motifs is 1. The fourth-order valence-electron chi connectivity index (χ4n) is 5.11. The van der Waals surface area contributed by atoms with Gasteiger partial charge in [-0.3, -0.25) is 0 Å². The molecule has 0 fully saturated rings. The number of carbonyl (C=O) groups excluding carboxylic acids is 1. The number of nitrogens with zero attached hydrogens (tertiary/aromatic N) is 2. The Kier molecular flexibility index (Phi) is 7.86. The van der Waals surface area contributed by atoms with Crippen LogP contribution in [-0.2, 0) is 28.7 Å². The molecule has 0 saturated heterocycles. The molecule has 1 aliphatic rings. The molecule has 0 radical (unpaired) electrons. The first-order valence-electron chi connectivity index (χ1n) is 12.8. The Labute approximate surface area is 221 Å². The van der Waals surface area contributed by atoms with E-state index in [1.54, 1.807) is 4.90 Å². The molecule has 0 N–H and O–H groups in total. The average molecular weight is 513 g/mol. The van der Waals surface area contributed by atoms with Crippen LogP contribution >= 0.6 is 0 Å². The van der Waals surface area contributed by atoms with Crippen LogP contribution in [0.5, 0.6) is 0 Å². The molecule has 6 heteroatoms. The third kappa shape index (κ3) is 5.95. The molecule has 1 atom stereocenters. The summed E-state index contributed by atoms with van der Waals surface area (Å²) >= 11 is 0. The number of nitriles is 1. The first kappa shape index (κ1) is 26.7. The number of hydrogen-bond donors (Lipinski definition) is 0. The largest absolute Gasteiger partial charge is 0.445 e. The van der Waals surface area contributed by atoms with Crippen LogP contribution in [0.25, 0.3) is 11.1 Å². The van der Waals surface area contributed by atoms with E-state index < -0.39 is 14.4 Å². The van der Waals surface area contributed by atoms with Gasteiger partial charge in [-0.15, -0.1) is 0 Å². The number of carbonyl (C=O) groups is 1. The van der Waals surface area contributed by atoms with E-state index in [0.717, 1.165) is 45.4 Å². The van der Waals surface area contributed by atoms with Gasteiger partial charge in [0.1, 0.15) is 6.61 Å². The van der Waals surface area contributed by atoms with Crippen molar-refractivity contribution in [2.24, 2.45) is 0 Å². The van der Waals surface area contributed by atoms with E-state index in [9.17, 15) is 10.1 Å². The number of benzene rings is 3. The van der Waals surface area contributed by atoms with Crippen molar-refractivity contribution < 1.29 is 14.0 Å². The van der Waals surface area contributed by atoms with Gasteiger partial charge in [0.2, 0.25) is 0 Å². The van der Waals surface area contributed by atoms with Crippen molar-refractivity contribution in [2.75, 3.05) is 6.54 Å². The van der Waals surface area contributed by atoms with Crippen LogP contribution in [0.15, 0.2) is 54.6 Å². The van der Waals surface area contributed by atoms with Gasteiger partial charge >= 0.3 is 6.09 Å². The molecule has 3 aromatic rings. The van der Waals surface area contributed by atoms with Gasteiger partial charge in [0, 0.05) is 18.7 Å². The standard InChI is InChI=1S/C31H36N2O3Si/c1-21-12-14-25(15-13-21)29-22(2)26-16-17-33(31(34)35-20-24-10-8-7-9-11-24)19-27(26)23(3)30(29)28(18-32)36-37(4,5)6/h7-15,28H,16-17,19-20H2,1-6H3. The molecule has 0 spiro atoms. The molecule has 4 rings (SSSR count). The van der Waals surface area contributed by atoms with Crippen LogP contribution in [-0.4, -0.2) is 25.9 Å². The quantitative estimate of drug-likeness (QED) is 0.323. The summed E-state index contributed by atoms with van der Waals surface area (Å²) in [6.45, 7) is 13.9. The highest BCUT2D eigenvalue weighted by atomic mass is 28.4. The van der Waals surface area contributed by atoms with Gasteiger partial charge in [-0.2, -0.15) is 5.26 Å². The van der Waals surface area contributed by atoms with Crippen molar-refractivity contribution >= 4 is 14.4 Å². The maximum Gasteiger partial charge on any atom is 0.410 e. The minimum Gasteiger partial charge on any atom is -0.445 e. The van der Waals surface area contributed by atoms with Gasteiger partial charge in [0.25, 0.3) is 0 Å². The predicted molar refractivity (Wildman–Crippen MR) is 150 cm³/mol. The normalized spacial score (nSPS) is 14.0. The molecule has 1 unspecified atom stereocenters. The van der Waals surface area contributed by atoms with Crippen LogP contribution in [0.4, 0.5) is 4.79 Å². The van der Waals surface area contributed by atoms with Gasteiger partial charge < -0.3 is 14.1 Å². The molecule has 5 nitrogen and oxygen atoms in total. The summed E-state index contributed by atoms with van der Waals surface area (Å²) in [5.74, 6) is 0. The lowest BCUT2D eigenvalue weighted by Gasteiger charge is -2.34. The number of ether oxygens (including phenoxy) is 1. The molecule has 0 bridgehead atoms. The summed E-state index contributed by atoms with van der Waals surface area (Å²) < 4.78 is 12.1. The van der Waals surface area contributed by atoms with E-state index >= 15 is 0 Å². The van der Waals surface area contributed by atoms with E-state index in [-0.39, 0.29) is 12.7 Å². The van der Waals surface area contributed by atoms with E-state index in [1.165, 1.54) is 11.1 Å². The molecular weight excluding hydrogens is 476 g/mol. The van der Waals surface area contributed by atoms with Crippen LogP contribution in [0.3, 0.4) is 0 Å². The number of aryl methyl sites for hydroxylation is 1. The Hall–Kier alpha value is -3.40. The van der Waals surface area contributed by atoms with Crippen LogP contribution < -0.4 is 0 Å². The molecule has 37 heavy (non-hydrogen) atoms. The molecule has 1 heterocycles. The predicted octanol–water partition coefficient (Wildman–Crippen LogP) is 7.39. The van der Waals surface area contributed by atoms with Crippen molar-refractivity contribution in [3.05, 3.63) is 93.5 Å². The third-order valence-electron chi connectivity index (χ3n) is 6.95. The molecular formula is C31H36N2O3Si. The Morgan fingerprint density at radius 3 is 2.30 bits per heavy atom. The molecule has 0 aromatic heterocycles. The number of amides is 1. The molecule has 3 aromatic carbocycles. The summed E-state index contributed by atoms with van der Waals surface area (Å²) in [7, 11) is -2.01. The molecule has 1 amide bonds. The topological polar surface area (TPSA) is 62.6 Å². The van der Waals surface area contributed by atoms with E-state index in [0.29, 0.717) is 13.1 Å². The Morgan fingerprint density at radius 1 is 1.00 bits per heavy atom. The van der Waals surface area contributed by atoms with Gasteiger partial charge in [0.05, 0.1) is 6.07 Å². The summed E-state index contributed by atoms with van der Waals surface area (Å²) in [6.07, 6.45) is -0.244. The molecule has 0 aliphatic carbocycles. The minimum atomic E-state index is -2.01. The lowest BCUT2D eigenvalue weighted by atomic mass is 9.80. The van der Waals surface area contributed by atoms with Gasteiger partial charge in [0.15, 0.2) is 14.4 Å². The Balaban J connectivity index is 1.74. The Morgan fingerprint density at radius 2 is 1.68 bits per heavy atom. The summed E-state index contributed by atoms with van der Waals surface area (Å²) in [4.78, 5) is 14.8. The highest BCUT2D eigenvalue weighted by molar-refractivity contribution is 6.69. The van der Waals surface area contributed by atoms with E-state index in [4.69, 9.17) is 9.16 Å².